The van der Waals surface area contributed by atoms with E-state index in [1.54, 1.807) is 0 Å². The minimum Gasteiger partial charge on any atom is -0.299 e. The molecule has 0 saturated carbocycles. The molecule has 14 heavy (non-hydrogen) atoms. The molecule has 0 heterocycles. The second-order valence-corrected chi connectivity index (χ2v) is 3.31. The van der Waals surface area contributed by atoms with Crippen LogP contribution in [-0.2, 0) is 4.79 Å². The lowest BCUT2D eigenvalue weighted by Gasteiger charge is -1.93. The van der Waals surface area contributed by atoms with Gasteiger partial charge < -0.3 is 0 Å². The van der Waals surface area contributed by atoms with E-state index >= 15 is 0 Å². The molecular weight excluding hydrogens is 172 g/mol. The van der Waals surface area contributed by atoms with Crippen LogP contribution >= 0.6 is 0 Å². The number of benzene rings is 1. The van der Waals surface area contributed by atoms with Crippen molar-refractivity contribution in [3.05, 3.63) is 42.0 Å². The summed E-state index contributed by atoms with van der Waals surface area (Å²) in [5, 5.41) is 0. The van der Waals surface area contributed by atoms with Gasteiger partial charge in [0, 0.05) is 12.8 Å². The van der Waals surface area contributed by atoms with Crippen LogP contribution in [0.2, 0.25) is 0 Å². The zero-order valence-electron chi connectivity index (χ0n) is 8.57. The van der Waals surface area contributed by atoms with Gasteiger partial charge in [-0.25, -0.2) is 0 Å². The van der Waals surface area contributed by atoms with Gasteiger partial charge in [-0.3, -0.25) is 4.79 Å². The van der Waals surface area contributed by atoms with Crippen molar-refractivity contribution in [1.29, 1.82) is 0 Å². The maximum absolute atomic E-state index is 11.2. The standard InChI is InChI=1S/C13H16O/c1-2-7-13(14)11-6-10-12-8-4-3-5-9-12/h3-6,8-10H,2,7,11H2,1H3. The van der Waals surface area contributed by atoms with E-state index in [0.717, 1.165) is 12.0 Å². The second-order valence-electron chi connectivity index (χ2n) is 3.31. The van der Waals surface area contributed by atoms with Crippen molar-refractivity contribution < 1.29 is 4.79 Å². The van der Waals surface area contributed by atoms with Gasteiger partial charge in [-0.15, -0.1) is 0 Å². The molecule has 0 aliphatic rings. The summed E-state index contributed by atoms with van der Waals surface area (Å²) in [4.78, 5) is 11.2. The Morgan fingerprint density at radius 1 is 1.29 bits per heavy atom. The van der Waals surface area contributed by atoms with Crippen molar-refractivity contribution in [3.8, 4) is 0 Å². The van der Waals surface area contributed by atoms with E-state index in [1.165, 1.54) is 0 Å². The summed E-state index contributed by atoms with van der Waals surface area (Å²) < 4.78 is 0. The van der Waals surface area contributed by atoms with Gasteiger partial charge in [-0.2, -0.15) is 0 Å². The number of ketones is 1. The van der Waals surface area contributed by atoms with Crippen LogP contribution in [0.1, 0.15) is 31.7 Å². The molecule has 0 radical (unpaired) electrons. The Morgan fingerprint density at radius 2 is 2.00 bits per heavy atom. The average molecular weight is 188 g/mol. The van der Waals surface area contributed by atoms with Gasteiger partial charge >= 0.3 is 0 Å². The fourth-order valence-electron chi connectivity index (χ4n) is 1.27. The lowest BCUT2D eigenvalue weighted by atomic mass is 10.1. The monoisotopic (exact) mass is 188 g/mol. The maximum atomic E-state index is 11.2. The summed E-state index contributed by atoms with van der Waals surface area (Å²) in [6.07, 6.45) is 6.13. The fraction of sp³-hybridized carbons (Fsp3) is 0.308. The van der Waals surface area contributed by atoms with Gasteiger partial charge in [0.1, 0.15) is 5.78 Å². The van der Waals surface area contributed by atoms with Crippen LogP contribution in [0.5, 0.6) is 0 Å². The van der Waals surface area contributed by atoms with Gasteiger partial charge in [0.15, 0.2) is 0 Å². The zero-order valence-corrected chi connectivity index (χ0v) is 8.57. The molecule has 1 heteroatoms. The van der Waals surface area contributed by atoms with Crippen LogP contribution in [0.25, 0.3) is 6.08 Å². The van der Waals surface area contributed by atoms with E-state index in [1.807, 2.05) is 49.4 Å². The highest BCUT2D eigenvalue weighted by Gasteiger charge is 1.95. The zero-order chi connectivity index (χ0) is 10.2. The molecule has 0 bridgehead atoms. The van der Waals surface area contributed by atoms with Crippen LogP contribution in [0.3, 0.4) is 0 Å². The first kappa shape index (κ1) is 10.7. The minimum atomic E-state index is 0.319. The number of Topliss-reactive ketones (excluding diaryl/α,β-unsaturated/α-hetero) is 1. The van der Waals surface area contributed by atoms with E-state index < -0.39 is 0 Å². The van der Waals surface area contributed by atoms with Crippen molar-refractivity contribution >= 4 is 11.9 Å². The lowest BCUT2D eigenvalue weighted by molar-refractivity contribution is -0.118. The minimum absolute atomic E-state index is 0.319. The largest absolute Gasteiger partial charge is 0.299 e. The van der Waals surface area contributed by atoms with E-state index in [4.69, 9.17) is 0 Å². The molecule has 0 unspecified atom stereocenters. The third-order valence-electron chi connectivity index (χ3n) is 1.98. The SMILES string of the molecule is CCCC(=O)CC=Cc1ccccc1. The van der Waals surface area contributed by atoms with Crippen molar-refractivity contribution in [2.45, 2.75) is 26.2 Å². The van der Waals surface area contributed by atoms with E-state index in [0.29, 0.717) is 18.6 Å². The van der Waals surface area contributed by atoms with E-state index in [9.17, 15) is 4.79 Å². The van der Waals surface area contributed by atoms with Crippen molar-refractivity contribution in [2.24, 2.45) is 0 Å². The third kappa shape index (κ3) is 4.04. The molecule has 1 aromatic rings. The molecule has 0 spiro atoms. The molecule has 0 amide bonds. The van der Waals surface area contributed by atoms with Gasteiger partial charge in [0.25, 0.3) is 0 Å². The van der Waals surface area contributed by atoms with E-state index in [-0.39, 0.29) is 0 Å². The summed E-state index contributed by atoms with van der Waals surface area (Å²) in [6.45, 7) is 2.03. The normalized spacial score (nSPS) is 10.6. The maximum Gasteiger partial charge on any atom is 0.136 e. The average Bonchev–Trinajstić information content (AvgIpc) is 2.20. The lowest BCUT2D eigenvalue weighted by Crippen LogP contribution is -1.93. The van der Waals surface area contributed by atoms with Crippen LogP contribution in [0.4, 0.5) is 0 Å². The molecule has 0 aliphatic carbocycles. The quantitative estimate of drug-likeness (QED) is 0.691. The van der Waals surface area contributed by atoms with E-state index in [2.05, 4.69) is 0 Å². The molecule has 0 atom stereocenters. The molecule has 0 aliphatic heterocycles. The predicted octanol–water partition coefficient (Wildman–Crippen LogP) is 3.46. The van der Waals surface area contributed by atoms with Gasteiger partial charge in [0.2, 0.25) is 0 Å². The highest BCUT2D eigenvalue weighted by atomic mass is 16.1. The molecule has 0 saturated heterocycles. The third-order valence-corrected chi connectivity index (χ3v) is 1.98. The Morgan fingerprint density at radius 3 is 2.64 bits per heavy atom. The number of hydrogen-bond acceptors (Lipinski definition) is 1. The Balaban J connectivity index is 2.38. The smallest absolute Gasteiger partial charge is 0.136 e. The van der Waals surface area contributed by atoms with Crippen LogP contribution < -0.4 is 0 Å². The van der Waals surface area contributed by atoms with Crippen molar-refractivity contribution in [3.63, 3.8) is 0 Å². The number of carbonyl (C=O) groups is 1. The number of hydrogen-bond donors (Lipinski definition) is 0. The Labute approximate surface area is 85.5 Å². The van der Waals surface area contributed by atoms with Gasteiger partial charge in [-0.1, -0.05) is 49.4 Å². The Bertz CT molecular complexity index is 298. The summed E-state index contributed by atoms with van der Waals surface area (Å²) >= 11 is 0. The first-order chi connectivity index (χ1) is 6.83. The number of carbonyl (C=O) groups excluding carboxylic acids is 1. The van der Waals surface area contributed by atoms with Crippen molar-refractivity contribution in [1.82, 2.24) is 0 Å². The first-order valence-electron chi connectivity index (χ1n) is 5.06. The number of allylic oxidation sites excluding steroid dienone is 1. The molecule has 1 rings (SSSR count). The summed E-state index contributed by atoms with van der Waals surface area (Å²) in [5.41, 5.74) is 1.15. The summed E-state index contributed by atoms with van der Waals surface area (Å²) in [5.74, 6) is 0.319. The summed E-state index contributed by atoms with van der Waals surface area (Å²) in [7, 11) is 0. The van der Waals surface area contributed by atoms with Gasteiger partial charge in [-0.05, 0) is 12.0 Å². The first-order valence-corrected chi connectivity index (χ1v) is 5.06. The van der Waals surface area contributed by atoms with Crippen LogP contribution in [0, 0.1) is 0 Å². The second kappa shape index (κ2) is 6.14. The highest BCUT2D eigenvalue weighted by molar-refractivity contribution is 5.80. The predicted molar refractivity (Wildman–Crippen MR) is 60.0 cm³/mol. The number of rotatable bonds is 5. The summed E-state index contributed by atoms with van der Waals surface area (Å²) in [6, 6.07) is 10.0. The van der Waals surface area contributed by atoms with Crippen LogP contribution in [0.15, 0.2) is 36.4 Å². The van der Waals surface area contributed by atoms with Gasteiger partial charge in [0.05, 0.1) is 0 Å². The Hall–Kier alpha value is -1.37. The topological polar surface area (TPSA) is 17.1 Å². The van der Waals surface area contributed by atoms with Crippen molar-refractivity contribution in [2.75, 3.05) is 0 Å². The molecule has 0 N–H and O–H groups in total. The molecule has 74 valence electrons. The Kier molecular flexibility index (Phi) is 4.70. The molecule has 1 aromatic carbocycles. The molecule has 0 fully saturated rings. The molecule has 1 nitrogen and oxygen atoms in total. The molecule has 0 aromatic heterocycles. The van der Waals surface area contributed by atoms with Crippen LogP contribution in [-0.4, -0.2) is 5.78 Å². The fourth-order valence-corrected chi connectivity index (χ4v) is 1.27. The highest BCUT2D eigenvalue weighted by Crippen LogP contribution is 2.03. The molecular formula is C13H16O.